The Bertz CT molecular complexity index is 608. The van der Waals surface area contributed by atoms with Gasteiger partial charge in [-0.15, -0.1) is 6.58 Å². The van der Waals surface area contributed by atoms with Crippen molar-refractivity contribution in [2.45, 2.75) is 17.7 Å². The van der Waals surface area contributed by atoms with E-state index in [2.05, 4.69) is 6.58 Å². The van der Waals surface area contributed by atoms with E-state index >= 15 is 0 Å². The third kappa shape index (κ3) is 3.60. The summed E-state index contributed by atoms with van der Waals surface area (Å²) >= 11 is 0. The SMILES string of the molecule is C=CCCCS(=O)(=O)c1cc(C(=O)O)cc(F)c1F. The number of rotatable bonds is 6. The fourth-order valence-corrected chi connectivity index (χ4v) is 2.88. The lowest BCUT2D eigenvalue weighted by atomic mass is 10.2. The molecule has 1 rings (SSSR count). The summed E-state index contributed by atoms with van der Waals surface area (Å²) in [4.78, 5) is 9.78. The first kappa shape index (κ1) is 15.3. The number of aromatic carboxylic acids is 1. The number of carboxylic acids is 1. The van der Waals surface area contributed by atoms with Gasteiger partial charge in [-0.2, -0.15) is 0 Å². The van der Waals surface area contributed by atoms with Gasteiger partial charge in [0.15, 0.2) is 21.5 Å². The van der Waals surface area contributed by atoms with Crippen LogP contribution in [0.5, 0.6) is 0 Å². The van der Waals surface area contributed by atoms with Crippen LogP contribution in [0.4, 0.5) is 8.78 Å². The molecule has 0 radical (unpaired) electrons. The van der Waals surface area contributed by atoms with Crippen molar-refractivity contribution in [3.8, 4) is 0 Å². The van der Waals surface area contributed by atoms with Crippen molar-refractivity contribution in [2.24, 2.45) is 0 Å². The number of hydrogen-bond donors (Lipinski definition) is 1. The molecule has 0 fully saturated rings. The molecule has 0 unspecified atom stereocenters. The molecule has 19 heavy (non-hydrogen) atoms. The summed E-state index contributed by atoms with van der Waals surface area (Å²) in [6, 6.07) is 1.07. The fourth-order valence-electron chi connectivity index (χ4n) is 1.44. The topological polar surface area (TPSA) is 71.4 Å². The highest BCUT2D eigenvalue weighted by atomic mass is 32.2. The molecule has 4 nitrogen and oxygen atoms in total. The van der Waals surface area contributed by atoms with Gasteiger partial charge in [-0.05, 0) is 25.0 Å². The quantitative estimate of drug-likeness (QED) is 0.645. The van der Waals surface area contributed by atoms with Gasteiger partial charge in [0.05, 0.1) is 11.3 Å². The van der Waals surface area contributed by atoms with Crippen LogP contribution in [0.25, 0.3) is 0 Å². The van der Waals surface area contributed by atoms with Gasteiger partial charge in [-0.3, -0.25) is 0 Å². The van der Waals surface area contributed by atoms with E-state index in [1.165, 1.54) is 6.08 Å². The molecule has 0 saturated carbocycles. The van der Waals surface area contributed by atoms with Crippen molar-refractivity contribution in [3.05, 3.63) is 42.0 Å². The van der Waals surface area contributed by atoms with Crippen molar-refractivity contribution in [3.63, 3.8) is 0 Å². The third-order valence-corrected chi connectivity index (χ3v) is 4.19. The van der Waals surface area contributed by atoms with Crippen LogP contribution < -0.4 is 0 Å². The zero-order valence-electron chi connectivity index (χ0n) is 9.90. The van der Waals surface area contributed by atoms with Crippen molar-refractivity contribution < 1.29 is 27.1 Å². The molecule has 0 bridgehead atoms. The minimum Gasteiger partial charge on any atom is -0.478 e. The number of hydrogen-bond acceptors (Lipinski definition) is 3. The Morgan fingerprint density at radius 3 is 2.53 bits per heavy atom. The Balaban J connectivity index is 3.25. The van der Waals surface area contributed by atoms with Crippen molar-refractivity contribution >= 4 is 15.8 Å². The highest BCUT2D eigenvalue weighted by Crippen LogP contribution is 2.22. The first-order valence-corrected chi connectivity index (χ1v) is 7.01. The predicted molar refractivity (Wildman–Crippen MR) is 64.8 cm³/mol. The molecule has 0 aromatic heterocycles. The molecule has 0 amide bonds. The molecule has 0 aliphatic heterocycles. The lowest BCUT2D eigenvalue weighted by molar-refractivity contribution is 0.0696. The van der Waals surface area contributed by atoms with E-state index in [4.69, 9.17) is 5.11 Å². The highest BCUT2D eigenvalue weighted by molar-refractivity contribution is 7.91. The van der Waals surface area contributed by atoms with Gasteiger partial charge in [-0.25, -0.2) is 22.0 Å². The number of allylic oxidation sites excluding steroid dienone is 1. The normalized spacial score (nSPS) is 11.3. The van der Waals surface area contributed by atoms with Crippen LogP contribution in [0.3, 0.4) is 0 Å². The molecule has 1 N–H and O–H groups in total. The van der Waals surface area contributed by atoms with Crippen LogP contribution in [-0.2, 0) is 9.84 Å². The van der Waals surface area contributed by atoms with Crippen molar-refractivity contribution in [2.75, 3.05) is 5.75 Å². The lowest BCUT2D eigenvalue weighted by Gasteiger charge is -2.07. The largest absolute Gasteiger partial charge is 0.478 e. The van der Waals surface area contributed by atoms with Gasteiger partial charge >= 0.3 is 5.97 Å². The number of benzene rings is 1. The van der Waals surface area contributed by atoms with Gasteiger partial charge in [0.1, 0.15) is 4.90 Å². The monoisotopic (exact) mass is 290 g/mol. The molecular weight excluding hydrogens is 278 g/mol. The molecule has 0 aliphatic rings. The number of carboxylic acid groups (broad SMARTS) is 1. The highest BCUT2D eigenvalue weighted by Gasteiger charge is 2.24. The molecule has 104 valence electrons. The zero-order valence-corrected chi connectivity index (χ0v) is 10.7. The number of sulfone groups is 1. The second-order valence-electron chi connectivity index (χ2n) is 3.83. The van der Waals surface area contributed by atoms with Crippen molar-refractivity contribution in [1.82, 2.24) is 0 Å². The maximum atomic E-state index is 13.5. The Hall–Kier alpha value is -1.76. The Labute approximate surface area is 109 Å². The summed E-state index contributed by atoms with van der Waals surface area (Å²) in [6.07, 6.45) is 2.10. The molecule has 0 aliphatic carbocycles. The number of carbonyl (C=O) groups is 1. The average Bonchev–Trinajstić information content (AvgIpc) is 2.32. The van der Waals surface area contributed by atoms with E-state index in [0.29, 0.717) is 18.6 Å². The maximum Gasteiger partial charge on any atom is 0.335 e. The van der Waals surface area contributed by atoms with Crippen LogP contribution in [0, 0.1) is 11.6 Å². The average molecular weight is 290 g/mol. The van der Waals surface area contributed by atoms with Gasteiger partial charge in [0.2, 0.25) is 0 Å². The van der Waals surface area contributed by atoms with E-state index in [-0.39, 0.29) is 6.42 Å². The van der Waals surface area contributed by atoms with Crippen LogP contribution >= 0.6 is 0 Å². The Morgan fingerprint density at radius 1 is 1.37 bits per heavy atom. The van der Waals surface area contributed by atoms with Gasteiger partial charge in [-0.1, -0.05) is 6.08 Å². The summed E-state index contributed by atoms with van der Waals surface area (Å²) in [7, 11) is -4.07. The molecule has 0 spiro atoms. The first-order chi connectivity index (χ1) is 8.79. The van der Waals surface area contributed by atoms with Crippen LogP contribution in [0.15, 0.2) is 29.7 Å². The molecule has 1 aromatic carbocycles. The molecular formula is C12H12F2O4S. The minimum absolute atomic E-state index is 0.199. The van der Waals surface area contributed by atoms with E-state index in [0.717, 1.165) is 0 Å². The van der Waals surface area contributed by atoms with Crippen LogP contribution in [0.2, 0.25) is 0 Å². The van der Waals surface area contributed by atoms with Crippen LogP contribution in [-0.4, -0.2) is 25.2 Å². The fraction of sp³-hybridized carbons (Fsp3) is 0.250. The summed E-state index contributed by atoms with van der Waals surface area (Å²) < 4.78 is 50.3. The predicted octanol–water partition coefficient (Wildman–Crippen LogP) is 2.40. The standard InChI is InChI=1S/C12H12F2O4S/c1-2-3-4-5-19(17,18)10-7-8(12(15)16)6-9(13)11(10)14/h2,6-7H,1,3-5H2,(H,15,16). The number of unbranched alkanes of at least 4 members (excludes halogenated alkanes) is 1. The summed E-state index contributed by atoms with van der Waals surface area (Å²) in [6.45, 7) is 3.42. The lowest BCUT2D eigenvalue weighted by Crippen LogP contribution is -2.12. The smallest absolute Gasteiger partial charge is 0.335 e. The third-order valence-electron chi connectivity index (χ3n) is 2.40. The second-order valence-corrected chi connectivity index (χ2v) is 5.90. The maximum absolute atomic E-state index is 13.5. The summed E-state index contributed by atoms with van der Waals surface area (Å²) in [5.74, 6) is -4.98. The van der Waals surface area contributed by atoms with Gasteiger partial charge in [0, 0.05) is 0 Å². The Morgan fingerprint density at radius 2 is 2.00 bits per heavy atom. The molecule has 0 atom stereocenters. The van der Waals surface area contributed by atoms with Gasteiger partial charge in [0.25, 0.3) is 0 Å². The molecule has 1 aromatic rings. The molecule has 0 heterocycles. The van der Waals surface area contributed by atoms with E-state index < -0.39 is 43.7 Å². The molecule has 7 heteroatoms. The van der Waals surface area contributed by atoms with E-state index in [1.54, 1.807) is 0 Å². The minimum atomic E-state index is -4.07. The molecule has 0 saturated heterocycles. The first-order valence-electron chi connectivity index (χ1n) is 5.35. The second kappa shape index (κ2) is 5.92. The zero-order chi connectivity index (χ0) is 14.6. The van der Waals surface area contributed by atoms with E-state index in [9.17, 15) is 22.0 Å². The van der Waals surface area contributed by atoms with Crippen LogP contribution in [0.1, 0.15) is 23.2 Å². The Kier molecular flexibility index (Phi) is 4.77. The number of halogens is 2. The van der Waals surface area contributed by atoms with Gasteiger partial charge < -0.3 is 5.11 Å². The summed E-state index contributed by atoms with van der Waals surface area (Å²) in [5.41, 5.74) is -0.610. The summed E-state index contributed by atoms with van der Waals surface area (Å²) in [5, 5.41) is 8.71. The van der Waals surface area contributed by atoms with Crippen molar-refractivity contribution in [1.29, 1.82) is 0 Å². The van der Waals surface area contributed by atoms with E-state index in [1.807, 2.05) is 0 Å².